The number of amides is 1. The highest BCUT2D eigenvalue weighted by Gasteiger charge is 2.26. The summed E-state index contributed by atoms with van der Waals surface area (Å²) in [5.41, 5.74) is 0.724. The van der Waals surface area contributed by atoms with E-state index in [9.17, 15) is 4.79 Å². The van der Waals surface area contributed by atoms with Gasteiger partial charge in [0.25, 0.3) is 0 Å². The van der Waals surface area contributed by atoms with Gasteiger partial charge in [-0.3, -0.25) is 9.89 Å². The fraction of sp³-hybridized carbons (Fsp3) is 0.471. The van der Waals surface area contributed by atoms with Gasteiger partial charge in [-0.05, 0) is 32.0 Å². The van der Waals surface area contributed by atoms with E-state index >= 15 is 0 Å². The van der Waals surface area contributed by atoms with Gasteiger partial charge >= 0.3 is 0 Å². The van der Waals surface area contributed by atoms with Crippen molar-refractivity contribution in [2.45, 2.75) is 31.2 Å². The van der Waals surface area contributed by atoms with Crippen molar-refractivity contribution in [3.63, 3.8) is 0 Å². The Balaban J connectivity index is 1.64. The monoisotopic (exact) mass is 396 g/mol. The van der Waals surface area contributed by atoms with Crippen LogP contribution in [-0.4, -0.2) is 64.1 Å². The van der Waals surface area contributed by atoms with Crippen molar-refractivity contribution in [1.29, 1.82) is 0 Å². The molecular weight excluding hydrogens is 376 g/mol. The number of methoxy groups -OCH3 is 1. The summed E-state index contributed by atoms with van der Waals surface area (Å²) >= 11 is 7.36. The van der Waals surface area contributed by atoms with Crippen LogP contribution in [0.3, 0.4) is 0 Å². The molecule has 9 heteroatoms. The van der Waals surface area contributed by atoms with Crippen LogP contribution in [0, 0.1) is 0 Å². The molecule has 1 fully saturated rings. The molecule has 0 aliphatic carbocycles. The number of aromatic nitrogens is 3. The molecule has 0 saturated carbocycles. The zero-order valence-electron chi connectivity index (χ0n) is 14.9. The van der Waals surface area contributed by atoms with Crippen molar-refractivity contribution >= 4 is 29.3 Å². The maximum atomic E-state index is 12.4. The molecule has 0 spiro atoms. The van der Waals surface area contributed by atoms with Crippen molar-refractivity contribution in [1.82, 2.24) is 20.1 Å². The van der Waals surface area contributed by atoms with E-state index in [1.807, 2.05) is 18.7 Å². The molecular formula is C17H21ClN4O3S. The van der Waals surface area contributed by atoms with Crippen LogP contribution >= 0.6 is 23.4 Å². The lowest BCUT2D eigenvalue weighted by atomic mass is 10.2. The van der Waals surface area contributed by atoms with Gasteiger partial charge in [-0.2, -0.15) is 0 Å². The molecule has 1 aliphatic rings. The molecule has 1 aromatic heterocycles. The highest BCUT2D eigenvalue weighted by molar-refractivity contribution is 7.99. The molecule has 0 bridgehead atoms. The second-order valence-corrected chi connectivity index (χ2v) is 7.53. The van der Waals surface area contributed by atoms with Gasteiger partial charge in [0.15, 0.2) is 5.82 Å². The van der Waals surface area contributed by atoms with Gasteiger partial charge in [-0.15, -0.1) is 5.10 Å². The van der Waals surface area contributed by atoms with E-state index in [-0.39, 0.29) is 23.9 Å². The van der Waals surface area contributed by atoms with Gasteiger partial charge in [-0.25, -0.2) is 4.98 Å². The summed E-state index contributed by atoms with van der Waals surface area (Å²) in [5.74, 6) is 1.54. The number of morpholine rings is 1. The Labute approximate surface area is 161 Å². The Morgan fingerprint density at radius 2 is 2.15 bits per heavy atom. The number of nitrogens with one attached hydrogen (secondary N) is 1. The van der Waals surface area contributed by atoms with E-state index in [0.717, 1.165) is 5.56 Å². The third-order valence-electron chi connectivity index (χ3n) is 3.98. The highest BCUT2D eigenvalue weighted by atomic mass is 35.5. The maximum absolute atomic E-state index is 12.4. The standard InChI is InChI=1S/C17H21ClN4O3S/c1-10-7-22(8-11(2)25-10)15(23)9-26-17-19-16(20-21-17)13-6-12(18)4-5-14(13)24-3/h4-6,10-11H,7-9H2,1-3H3,(H,19,20,21)/t10-,11+. The fourth-order valence-corrected chi connectivity index (χ4v) is 3.77. The summed E-state index contributed by atoms with van der Waals surface area (Å²) in [7, 11) is 1.59. The molecule has 2 heterocycles. The molecule has 7 nitrogen and oxygen atoms in total. The SMILES string of the molecule is COc1ccc(Cl)cc1-c1nc(SCC(=O)N2C[C@@H](C)O[C@@H](C)C2)n[nH]1. The number of rotatable bonds is 5. The third-order valence-corrected chi connectivity index (χ3v) is 5.05. The molecule has 2 aromatic rings. The number of thioether (sulfide) groups is 1. The van der Waals surface area contributed by atoms with E-state index in [1.165, 1.54) is 11.8 Å². The first kappa shape index (κ1) is 19.0. The molecule has 26 heavy (non-hydrogen) atoms. The van der Waals surface area contributed by atoms with Crippen LogP contribution < -0.4 is 4.74 Å². The van der Waals surface area contributed by atoms with Crippen molar-refractivity contribution < 1.29 is 14.3 Å². The van der Waals surface area contributed by atoms with Gasteiger partial charge in [-0.1, -0.05) is 23.4 Å². The summed E-state index contributed by atoms with van der Waals surface area (Å²) < 4.78 is 11.0. The average Bonchev–Trinajstić information content (AvgIpc) is 3.07. The molecule has 140 valence electrons. The minimum atomic E-state index is 0.0538. The number of nitrogens with zero attached hydrogens (tertiary/aromatic N) is 3. The molecule has 1 aromatic carbocycles. The van der Waals surface area contributed by atoms with E-state index in [1.54, 1.807) is 25.3 Å². The molecule has 0 unspecified atom stereocenters. The quantitative estimate of drug-likeness (QED) is 0.783. The van der Waals surface area contributed by atoms with E-state index < -0.39 is 0 Å². The largest absolute Gasteiger partial charge is 0.496 e. The molecule has 1 amide bonds. The Morgan fingerprint density at radius 1 is 1.42 bits per heavy atom. The van der Waals surface area contributed by atoms with Gasteiger partial charge in [0.2, 0.25) is 11.1 Å². The molecule has 1 N–H and O–H groups in total. The first-order chi connectivity index (χ1) is 12.5. The van der Waals surface area contributed by atoms with Crippen LogP contribution in [-0.2, 0) is 9.53 Å². The zero-order chi connectivity index (χ0) is 18.7. The summed E-state index contributed by atoms with van der Waals surface area (Å²) in [6.07, 6.45) is 0.108. The number of ether oxygens (including phenoxy) is 2. The highest BCUT2D eigenvalue weighted by Crippen LogP contribution is 2.31. The Hall–Kier alpha value is -1.77. The van der Waals surface area contributed by atoms with E-state index in [0.29, 0.717) is 34.8 Å². The second-order valence-electron chi connectivity index (χ2n) is 6.16. The number of carbonyl (C=O) groups excluding carboxylic acids is 1. The lowest BCUT2D eigenvalue weighted by Crippen LogP contribution is -2.48. The zero-order valence-corrected chi connectivity index (χ0v) is 16.4. The van der Waals surface area contributed by atoms with Crippen LogP contribution in [0.4, 0.5) is 0 Å². The van der Waals surface area contributed by atoms with E-state index in [2.05, 4.69) is 15.2 Å². The lowest BCUT2D eigenvalue weighted by Gasteiger charge is -2.35. The van der Waals surface area contributed by atoms with Gasteiger partial charge in [0.05, 0.1) is 30.6 Å². The van der Waals surface area contributed by atoms with Crippen molar-refractivity contribution in [3.05, 3.63) is 23.2 Å². The minimum absolute atomic E-state index is 0.0538. The van der Waals surface area contributed by atoms with Crippen LogP contribution in [0.2, 0.25) is 5.02 Å². The van der Waals surface area contributed by atoms with Crippen LogP contribution in [0.5, 0.6) is 5.75 Å². The Bertz CT molecular complexity index is 775. The summed E-state index contributed by atoms with van der Waals surface area (Å²) in [5, 5.41) is 8.14. The average molecular weight is 397 g/mol. The molecule has 2 atom stereocenters. The predicted octanol–water partition coefficient (Wildman–Crippen LogP) is 2.86. The van der Waals surface area contributed by atoms with Crippen LogP contribution in [0.15, 0.2) is 23.4 Å². The number of halogens is 1. The molecule has 1 saturated heterocycles. The van der Waals surface area contributed by atoms with Crippen molar-refractivity contribution in [2.75, 3.05) is 26.0 Å². The fourth-order valence-electron chi connectivity index (χ4n) is 2.90. The van der Waals surface area contributed by atoms with Crippen LogP contribution in [0.1, 0.15) is 13.8 Å². The van der Waals surface area contributed by atoms with Crippen molar-refractivity contribution in [3.8, 4) is 17.1 Å². The van der Waals surface area contributed by atoms with Gasteiger partial charge in [0, 0.05) is 18.1 Å². The Morgan fingerprint density at radius 3 is 2.85 bits per heavy atom. The van der Waals surface area contributed by atoms with Gasteiger partial charge in [0.1, 0.15) is 5.75 Å². The predicted molar refractivity (Wildman–Crippen MR) is 101 cm³/mol. The number of aromatic amines is 1. The van der Waals surface area contributed by atoms with Crippen LogP contribution in [0.25, 0.3) is 11.4 Å². The van der Waals surface area contributed by atoms with E-state index in [4.69, 9.17) is 21.1 Å². The topological polar surface area (TPSA) is 80.3 Å². The maximum Gasteiger partial charge on any atom is 0.233 e. The number of benzene rings is 1. The molecule has 3 rings (SSSR count). The normalized spacial score (nSPS) is 20.2. The first-order valence-electron chi connectivity index (χ1n) is 8.28. The summed E-state index contributed by atoms with van der Waals surface area (Å²) in [4.78, 5) is 18.7. The number of carbonyl (C=O) groups is 1. The smallest absolute Gasteiger partial charge is 0.233 e. The van der Waals surface area contributed by atoms with Gasteiger partial charge < -0.3 is 14.4 Å². The summed E-state index contributed by atoms with van der Waals surface area (Å²) in [6, 6.07) is 5.28. The number of H-pyrrole nitrogens is 1. The molecule has 0 radical (unpaired) electrons. The number of hydrogen-bond donors (Lipinski definition) is 1. The molecule has 1 aliphatic heterocycles. The minimum Gasteiger partial charge on any atom is -0.496 e. The number of hydrogen-bond acceptors (Lipinski definition) is 6. The summed E-state index contributed by atoms with van der Waals surface area (Å²) in [6.45, 7) is 5.18. The Kier molecular flexibility index (Phi) is 6.05. The van der Waals surface area contributed by atoms with Crippen molar-refractivity contribution in [2.24, 2.45) is 0 Å². The first-order valence-corrected chi connectivity index (χ1v) is 9.65. The third kappa shape index (κ3) is 4.49. The lowest BCUT2D eigenvalue weighted by molar-refractivity contribution is -0.140. The second kappa shape index (κ2) is 8.28.